The van der Waals surface area contributed by atoms with Crippen molar-refractivity contribution in [3.8, 4) is 0 Å². The number of amides is 2. The summed E-state index contributed by atoms with van der Waals surface area (Å²) in [7, 11) is 1.14. The van der Waals surface area contributed by atoms with Crippen LogP contribution in [0.4, 0.5) is 18.9 Å². The lowest BCUT2D eigenvalue weighted by molar-refractivity contribution is -0.117. The van der Waals surface area contributed by atoms with E-state index in [0.717, 1.165) is 7.05 Å². The smallest absolute Gasteiger partial charge is 0.275 e. The molecule has 0 aromatic heterocycles. The van der Waals surface area contributed by atoms with Gasteiger partial charge in [-0.15, -0.1) is 23.2 Å². The molecule has 3 unspecified atom stereocenters. The predicted octanol–water partition coefficient (Wildman–Crippen LogP) is 6.83. The van der Waals surface area contributed by atoms with Gasteiger partial charge < -0.3 is 5.32 Å². The van der Waals surface area contributed by atoms with Crippen LogP contribution < -0.4 is 5.32 Å². The van der Waals surface area contributed by atoms with E-state index in [2.05, 4.69) is 10.4 Å². The first-order valence-electron chi connectivity index (χ1n) is 9.51. The number of hydrazone groups is 1. The molecule has 1 aliphatic rings. The highest BCUT2D eigenvalue weighted by atomic mass is 35.5. The number of hydrogen-bond acceptors (Lipinski definition) is 3. The van der Waals surface area contributed by atoms with Gasteiger partial charge in [-0.1, -0.05) is 34.8 Å². The Morgan fingerprint density at radius 1 is 1.09 bits per heavy atom. The van der Waals surface area contributed by atoms with E-state index in [9.17, 15) is 22.8 Å². The first-order valence-corrected chi connectivity index (χ1v) is 11.4. The molecular formula is C21H15Cl5F3N3O2. The highest BCUT2D eigenvalue weighted by Gasteiger charge is 2.67. The lowest BCUT2D eigenvalue weighted by Gasteiger charge is -2.14. The van der Waals surface area contributed by atoms with Crippen molar-refractivity contribution in [1.29, 1.82) is 0 Å². The van der Waals surface area contributed by atoms with Gasteiger partial charge in [0.15, 0.2) is 6.17 Å². The molecule has 0 heterocycles. The lowest BCUT2D eigenvalue weighted by Crippen LogP contribution is -2.24. The van der Waals surface area contributed by atoms with E-state index in [1.807, 2.05) is 0 Å². The SMILES string of the molecule is CN(N=CC(F)C(F)F)C(=O)c1cc(NC(=O)C2C(c3cc(Cl)cc(Cl)c3)C2(Cl)Cl)ccc1Cl. The van der Waals surface area contributed by atoms with Crippen LogP contribution in [0.15, 0.2) is 41.5 Å². The maximum absolute atomic E-state index is 13.0. The van der Waals surface area contributed by atoms with Crippen molar-refractivity contribution in [2.75, 3.05) is 12.4 Å². The van der Waals surface area contributed by atoms with Crippen molar-refractivity contribution in [1.82, 2.24) is 5.01 Å². The molecule has 1 N–H and O–H groups in total. The van der Waals surface area contributed by atoms with Crippen LogP contribution in [-0.4, -0.2) is 47.0 Å². The monoisotopic (exact) mass is 573 g/mol. The molecule has 0 bridgehead atoms. The summed E-state index contributed by atoms with van der Waals surface area (Å²) in [5, 5.41) is 7.34. The quantitative estimate of drug-likeness (QED) is 0.223. The molecule has 0 saturated heterocycles. The van der Waals surface area contributed by atoms with E-state index < -0.39 is 40.6 Å². The summed E-state index contributed by atoms with van der Waals surface area (Å²) in [5.41, 5.74) is 0.664. The second-order valence-corrected chi connectivity index (χ2v) is 10.1. The summed E-state index contributed by atoms with van der Waals surface area (Å²) >= 11 is 30.8. The second kappa shape index (κ2) is 10.5. The molecule has 1 fully saturated rings. The van der Waals surface area contributed by atoms with Crippen LogP contribution in [0.2, 0.25) is 15.1 Å². The van der Waals surface area contributed by atoms with Gasteiger partial charge in [-0.05, 0) is 42.0 Å². The van der Waals surface area contributed by atoms with Crippen molar-refractivity contribution in [2.24, 2.45) is 11.0 Å². The number of benzene rings is 2. The number of anilines is 1. The number of carbonyl (C=O) groups excluding carboxylic acids is 2. The molecule has 2 aromatic carbocycles. The third kappa shape index (κ3) is 5.91. The Morgan fingerprint density at radius 3 is 2.29 bits per heavy atom. The zero-order chi connectivity index (χ0) is 25.4. The molecular weight excluding hydrogens is 561 g/mol. The number of halogens is 8. The van der Waals surface area contributed by atoms with Gasteiger partial charge >= 0.3 is 0 Å². The maximum atomic E-state index is 13.0. The average molecular weight is 576 g/mol. The highest BCUT2D eigenvalue weighted by molar-refractivity contribution is 6.53. The zero-order valence-electron chi connectivity index (χ0n) is 17.1. The van der Waals surface area contributed by atoms with Gasteiger partial charge in [0.2, 0.25) is 5.91 Å². The molecule has 1 aliphatic carbocycles. The van der Waals surface area contributed by atoms with Crippen LogP contribution >= 0.6 is 58.0 Å². The second-order valence-electron chi connectivity index (χ2n) is 7.39. The van der Waals surface area contributed by atoms with Crippen LogP contribution in [0.25, 0.3) is 0 Å². The third-order valence-electron chi connectivity index (χ3n) is 4.96. The van der Waals surface area contributed by atoms with Crippen LogP contribution in [0.3, 0.4) is 0 Å². The lowest BCUT2D eigenvalue weighted by atomic mass is 10.1. The zero-order valence-corrected chi connectivity index (χ0v) is 20.9. The van der Waals surface area contributed by atoms with Crippen molar-refractivity contribution in [3.63, 3.8) is 0 Å². The molecule has 182 valence electrons. The predicted molar refractivity (Wildman–Crippen MR) is 129 cm³/mol. The Labute approximate surface area is 217 Å². The van der Waals surface area contributed by atoms with Crippen LogP contribution in [0, 0.1) is 5.92 Å². The number of nitrogens with zero attached hydrogens (tertiary/aromatic N) is 2. The van der Waals surface area contributed by atoms with Crippen LogP contribution in [-0.2, 0) is 4.79 Å². The summed E-state index contributed by atoms with van der Waals surface area (Å²) in [6.07, 6.45) is -5.61. The molecule has 5 nitrogen and oxygen atoms in total. The Bertz CT molecular complexity index is 1130. The van der Waals surface area contributed by atoms with E-state index in [4.69, 9.17) is 58.0 Å². The number of rotatable bonds is 7. The van der Waals surface area contributed by atoms with Crippen molar-refractivity contribution < 1.29 is 22.8 Å². The molecule has 34 heavy (non-hydrogen) atoms. The Kier molecular flexibility index (Phi) is 8.30. The standard InChI is InChI=1S/C21H15Cl5F3N3O2/c1-32(30-8-15(27)18(28)29)20(34)13-7-12(2-3-14(13)24)31-19(33)17-16(21(17,25)26)9-4-10(22)6-11(23)5-9/h2-8,15-18H,1H3,(H,31,33). The van der Waals surface area contributed by atoms with Gasteiger partial charge in [0.25, 0.3) is 12.3 Å². The first-order chi connectivity index (χ1) is 15.8. The van der Waals surface area contributed by atoms with Crippen LogP contribution in [0.1, 0.15) is 21.8 Å². The molecule has 1 saturated carbocycles. The molecule has 2 aromatic rings. The van der Waals surface area contributed by atoms with Gasteiger partial charge in [0, 0.05) is 28.7 Å². The Hall–Kier alpha value is -1.71. The minimum Gasteiger partial charge on any atom is -0.326 e. The van der Waals surface area contributed by atoms with E-state index >= 15 is 0 Å². The molecule has 0 spiro atoms. The van der Waals surface area contributed by atoms with E-state index in [1.165, 1.54) is 24.3 Å². The van der Waals surface area contributed by atoms with E-state index in [1.54, 1.807) is 12.1 Å². The van der Waals surface area contributed by atoms with Gasteiger partial charge in [-0.3, -0.25) is 9.59 Å². The fraction of sp³-hybridized carbons (Fsp3) is 0.286. The minimum absolute atomic E-state index is 0.00221. The van der Waals surface area contributed by atoms with Crippen molar-refractivity contribution >= 4 is 81.7 Å². The van der Waals surface area contributed by atoms with Crippen molar-refractivity contribution in [2.45, 2.75) is 22.8 Å². The van der Waals surface area contributed by atoms with Crippen molar-refractivity contribution in [3.05, 3.63) is 62.6 Å². The summed E-state index contributed by atoms with van der Waals surface area (Å²) in [5.74, 6) is -2.77. The normalized spacial score (nSPS) is 19.8. The maximum Gasteiger partial charge on any atom is 0.275 e. The molecule has 13 heteroatoms. The van der Waals surface area contributed by atoms with Gasteiger partial charge in [0.1, 0.15) is 4.33 Å². The number of nitrogens with one attached hydrogen (secondary N) is 1. The summed E-state index contributed by atoms with van der Waals surface area (Å²) in [4.78, 5) is 25.4. The topological polar surface area (TPSA) is 61.8 Å². The van der Waals surface area contributed by atoms with E-state index in [0.29, 0.717) is 26.8 Å². The van der Waals surface area contributed by atoms with Gasteiger partial charge in [0.05, 0.1) is 22.7 Å². The average Bonchev–Trinajstić information content (AvgIpc) is 3.33. The Balaban J connectivity index is 1.76. The van der Waals surface area contributed by atoms with Crippen LogP contribution in [0.5, 0.6) is 0 Å². The first kappa shape index (κ1) is 26.9. The largest absolute Gasteiger partial charge is 0.326 e. The number of carbonyl (C=O) groups is 2. The summed E-state index contributed by atoms with van der Waals surface area (Å²) < 4.78 is 36.2. The molecule has 2 amide bonds. The summed E-state index contributed by atoms with van der Waals surface area (Å²) in [6.45, 7) is 0. The highest BCUT2D eigenvalue weighted by Crippen LogP contribution is 2.65. The molecule has 3 rings (SSSR count). The minimum atomic E-state index is -3.28. The number of alkyl halides is 5. The molecule has 0 aliphatic heterocycles. The fourth-order valence-corrected chi connectivity index (χ4v) is 4.83. The molecule has 3 atom stereocenters. The van der Waals surface area contributed by atoms with Gasteiger partial charge in [-0.25, -0.2) is 18.2 Å². The molecule has 0 radical (unpaired) electrons. The fourth-order valence-electron chi connectivity index (χ4n) is 3.26. The van der Waals surface area contributed by atoms with Gasteiger partial charge in [-0.2, -0.15) is 5.10 Å². The third-order valence-corrected chi connectivity index (χ3v) is 6.67. The Morgan fingerprint density at radius 2 is 1.71 bits per heavy atom. The summed E-state index contributed by atoms with van der Waals surface area (Å²) in [6, 6.07) is 8.78. The number of hydrogen-bond donors (Lipinski definition) is 1. The van der Waals surface area contributed by atoms with E-state index in [-0.39, 0.29) is 16.3 Å².